The van der Waals surface area contributed by atoms with Gasteiger partial charge in [-0.3, -0.25) is 10.1 Å². The van der Waals surface area contributed by atoms with Crippen LogP contribution in [0, 0.1) is 29.4 Å². The number of benzene rings is 1. The molecule has 0 fully saturated rings. The minimum Gasteiger partial charge on any atom is -0.330 e. The number of hydrogen-bond acceptors (Lipinski definition) is 5. The zero-order valence-corrected chi connectivity index (χ0v) is 14.4. The molecular formula is C14H23N3O4S. The Kier molecular flexibility index (Phi) is 5.32. The van der Waals surface area contributed by atoms with Gasteiger partial charge in [0, 0.05) is 25.2 Å². The van der Waals surface area contributed by atoms with Crippen molar-refractivity contribution in [3.8, 4) is 0 Å². The fourth-order valence-corrected chi connectivity index (χ4v) is 3.80. The molecule has 0 radical (unpaired) electrons. The summed E-state index contributed by atoms with van der Waals surface area (Å²) in [6.07, 6.45) is 0. The van der Waals surface area contributed by atoms with Gasteiger partial charge >= 0.3 is 0 Å². The molecule has 0 saturated heterocycles. The van der Waals surface area contributed by atoms with Crippen molar-refractivity contribution in [2.75, 3.05) is 20.1 Å². The minimum atomic E-state index is -3.81. The second-order valence-electron chi connectivity index (χ2n) is 6.29. The highest BCUT2D eigenvalue weighted by atomic mass is 32.2. The molecule has 0 aliphatic rings. The summed E-state index contributed by atoms with van der Waals surface area (Å²) < 4.78 is 26.6. The molecule has 0 heterocycles. The lowest BCUT2D eigenvalue weighted by Crippen LogP contribution is -2.39. The zero-order chi connectivity index (χ0) is 17.3. The van der Waals surface area contributed by atoms with E-state index in [0.29, 0.717) is 17.7 Å². The van der Waals surface area contributed by atoms with Crippen molar-refractivity contribution in [3.63, 3.8) is 0 Å². The molecule has 0 saturated carbocycles. The van der Waals surface area contributed by atoms with Gasteiger partial charge in [-0.25, -0.2) is 12.7 Å². The van der Waals surface area contributed by atoms with E-state index in [-0.39, 0.29) is 22.5 Å². The molecule has 0 spiro atoms. The van der Waals surface area contributed by atoms with Crippen molar-refractivity contribution in [1.29, 1.82) is 0 Å². The van der Waals surface area contributed by atoms with Gasteiger partial charge in [0.1, 0.15) is 0 Å². The fraction of sp³-hybridized carbons (Fsp3) is 0.571. The van der Waals surface area contributed by atoms with Gasteiger partial charge in [-0.15, -0.1) is 0 Å². The van der Waals surface area contributed by atoms with Crippen LogP contribution in [0.5, 0.6) is 0 Å². The molecule has 124 valence electrons. The van der Waals surface area contributed by atoms with Gasteiger partial charge in [-0.1, -0.05) is 13.8 Å². The molecule has 2 N–H and O–H groups in total. The summed E-state index contributed by atoms with van der Waals surface area (Å²) in [7, 11) is -2.36. The van der Waals surface area contributed by atoms with Crippen LogP contribution in [0.4, 0.5) is 5.69 Å². The van der Waals surface area contributed by atoms with E-state index in [4.69, 9.17) is 5.73 Å². The largest absolute Gasteiger partial charge is 0.330 e. The molecule has 0 unspecified atom stereocenters. The van der Waals surface area contributed by atoms with Crippen molar-refractivity contribution in [3.05, 3.63) is 33.4 Å². The summed E-state index contributed by atoms with van der Waals surface area (Å²) in [5.41, 5.74) is 5.98. The first-order chi connectivity index (χ1) is 9.92. The van der Waals surface area contributed by atoms with Crippen molar-refractivity contribution in [2.24, 2.45) is 11.1 Å². The number of sulfonamides is 1. The number of nitrogens with two attached hydrogens (primary N) is 1. The summed E-state index contributed by atoms with van der Waals surface area (Å²) in [5.74, 6) is 0. The maximum absolute atomic E-state index is 12.7. The Balaban J connectivity index is 3.34. The average Bonchev–Trinajstić information content (AvgIpc) is 2.37. The Morgan fingerprint density at radius 2 is 1.82 bits per heavy atom. The lowest BCUT2D eigenvalue weighted by molar-refractivity contribution is -0.385. The predicted molar refractivity (Wildman–Crippen MR) is 85.2 cm³/mol. The summed E-state index contributed by atoms with van der Waals surface area (Å²) in [4.78, 5) is 10.4. The first-order valence-electron chi connectivity index (χ1n) is 6.84. The van der Waals surface area contributed by atoms with E-state index in [1.807, 2.05) is 13.8 Å². The van der Waals surface area contributed by atoms with Gasteiger partial charge in [0.05, 0.1) is 9.82 Å². The number of aryl methyl sites for hydroxylation is 2. The van der Waals surface area contributed by atoms with Gasteiger partial charge in [0.15, 0.2) is 0 Å². The van der Waals surface area contributed by atoms with Crippen LogP contribution in [-0.2, 0) is 10.0 Å². The normalized spacial score (nSPS) is 12.7. The number of rotatable bonds is 6. The van der Waals surface area contributed by atoms with E-state index in [0.717, 1.165) is 6.07 Å². The summed E-state index contributed by atoms with van der Waals surface area (Å²) >= 11 is 0. The molecule has 0 aliphatic heterocycles. The highest BCUT2D eigenvalue weighted by molar-refractivity contribution is 7.89. The number of nitro benzene ring substituents is 1. The maximum atomic E-state index is 12.7. The van der Waals surface area contributed by atoms with Crippen molar-refractivity contribution >= 4 is 15.7 Å². The van der Waals surface area contributed by atoms with E-state index in [9.17, 15) is 18.5 Å². The van der Waals surface area contributed by atoms with E-state index in [1.54, 1.807) is 13.8 Å². The van der Waals surface area contributed by atoms with Crippen molar-refractivity contribution in [2.45, 2.75) is 32.6 Å². The highest BCUT2D eigenvalue weighted by Gasteiger charge is 2.30. The molecule has 0 aliphatic carbocycles. The van der Waals surface area contributed by atoms with Crippen LogP contribution < -0.4 is 5.73 Å². The Hall–Kier alpha value is -1.51. The lowest BCUT2D eigenvalue weighted by atomic mass is 9.94. The molecule has 22 heavy (non-hydrogen) atoms. The second kappa shape index (κ2) is 6.31. The average molecular weight is 329 g/mol. The van der Waals surface area contributed by atoms with Gasteiger partial charge in [-0.2, -0.15) is 0 Å². The number of hydrogen-bond donors (Lipinski definition) is 1. The van der Waals surface area contributed by atoms with E-state index < -0.39 is 14.9 Å². The maximum Gasteiger partial charge on any atom is 0.273 e. The van der Waals surface area contributed by atoms with Gasteiger partial charge < -0.3 is 5.73 Å². The van der Waals surface area contributed by atoms with E-state index >= 15 is 0 Å². The van der Waals surface area contributed by atoms with Crippen molar-refractivity contribution < 1.29 is 13.3 Å². The van der Waals surface area contributed by atoms with Crippen LogP contribution in [0.2, 0.25) is 0 Å². The minimum absolute atomic E-state index is 0.0416. The molecule has 0 amide bonds. The molecular weight excluding hydrogens is 306 g/mol. The smallest absolute Gasteiger partial charge is 0.273 e. The van der Waals surface area contributed by atoms with Crippen LogP contribution in [0.15, 0.2) is 17.0 Å². The van der Waals surface area contributed by atoms with Crippen LogP contribution in [0.3, 0.4) is 0 Å². The third kappa shape index (κ3) is 3.82. The molecule has 1 aromatic carbocycles. The van der Waals surface area contributed by atoms with Crippen LogP contribution in [-0.4, -0.2) is 37.8 Å². The van der Waals surface area contributed by atoms with Gasteiger partial charge in [0.25, 0.3) is 5.69 Å². The fourth-order valence-electron chi connectivity index (χ4n) is 2.22. The molecule has 1 aromatic rings. The van der Waals surface area contributed by atoms with Crippen molar-refractivity contribution in [1.82, 2.24) is 4.31 Å². The first kappa shape index (κ1) is 18.5. The monoisotopic (exact) mass is 329 g/mol. The Bertz CT molecular complexity index is 684. The van der Waals surface area contributed by atoms with Gasteiger partial charge in [0.2, 0.25) is 10.0 Å². The topological polar surface area (TPSA) is 107 Å². The third-order valence-corrected chi connectivity index (χ3v) is 5.53. The van der Waals surface area contributed by atoms with Crippen LogP contribution in [0.25, 0.3) is 0 Å². The quantitative estimate of drug-likeness (QED) is 0.633. The molecule has 0 aromatic heterocycles. The molecule has 1 rings (SSSR count). The number of nitrogens with zero attached hydrogens (tertiary/aromatic N) is 2. The summed E-state index contributed by atoms with van der Waals surface area (Å²) in [5, 5.41) is 11.0. The highest BCUT2D eigenvalue weighted by Crippen LogP contribution is 2.28. The van der Waals surface area contributed by atoms with E-state index in [2.05, 4.69) is 0 Å². The van der Waals surface area contributed by atoms with Crippen LogP contribution in [0.1, 0.15) is 25.0 Å². The summed E-state index contributed by atoms with van der Waals surface area (Å²) in [6.45, 7) is 7.51. The molecule has 0 atom stereocenters. The summed E-state index contributed by atoms with van der Waals surface area (Å²) in [6, 6.07) is 2.65. The number of nitro groups is 1. The SMILES string of the molecule is Cc1cc(C)c(S(=O)(=O)N(C)CC(C)(C)CN)cc1[N+](=O)[O-]. The third-order valence-electron chi connectivity index (χ3n) is 3.58. The molecule has 0 bridgehead atoms. The molecule has 8 heteroatoms. The second-order valence-corrected chi connectivity index (χ2v) is 8.30. The lowest BCUT2D eigenvalue weighted by Gasteiger charge is -2.28. The standard InChI is InChI=1S/C14H23N3O4S/c1-10-6-11(2)13(7-12(10)17(18)19)22(20,21)16(5)9-14(3,4)8-15/h6-7H,8-9,15H2,1-5H3. The predicted octanol–water partition coefficient (Wildman–Crippen LogP) is 1.82. The van der Waals surface area contributed by atoms with Crippen LogP contribution >= 0.6 is 0 Å². The Labute approximate surface area is 131 Å². The zero-order valence-electron chi connectivity index (χ0n) is 13.6. The van der Waals surface area contributed by atoms with E-state index in [1.165, 1.54) is 17.4 Å². The van der Waals surface area contributed by atoms with Gasteiger partial charge in [-0.05, 0) is 37.4 Å². The molecule has 7 nitrogen and oxygen atoms in total. The Morgan fingerprint density at radius 1 is 1.27 bits per heavy atom. The first-order valence-corrected chi connectivity index (χ1v) is 8.28. The Morgan fingerprint density at radius 3 is 2.27 bits per heavy atom.